The van der Waals surface area contributed by atoms with E-state index in [2.05, 4.69) is 0 Å². The van der Waals surface area contributed by atoms with Crippen LogP contribution in [0.25, 0.3) is 0 Å². The van der Waals surface area contributed by atoms with Crippen molar-refractivity contribution < 1.29 is 27.5 Å². The second-order valence-corrected chi connectivity index (χ2v) is 3.05. The predicted octanol–water partition coefficient (Wildman–Crippen LogP) is 1.93. The molecule has 0 radical (unpaired) electrons. The molecule has 88 valence electrons. The highest BCUT2D eigenvalue weighted by molar-refractivity contribution is 5.75. The molecule has 0 aliphatic rings. The zero-order valence-corrected chi connectivity index (χ0v) is 7.75. The molecule has 0 bridgehead atoms. The van der Waals surface area contributed by atoms with Crippen molar-refractivity contribution >= 4 is 5.97 Å². The largest absolute Gasteiger partial charge is 0.480 e. The fourth-order valence-electron chi connectivity index (χ4n) is 1.10. The van der Waals surface area contributed by atoms with Gasteiger partial charge in [0.25, 0.3) is 0 Å². The molecule has 0 saturated heterocycles. The van der Waals surface area contributed by atoms with Gasteiger partial charge in [-0.2, -0.15) is 13.2 Å². The number of halogens is 4. The van der Waals surface area contributed by atoms with Crippen LogP contribution in [-0.4, -0.2) is 11.1 Å². The summed E-state index contributed by atoms with van der Waals surface area (Å²) in [4.78, 5) is 10.4. The monoisotopic (exact) mass is 237 g/mol. The van der Waals surface area contributed by atoms with E-state index in [9.17, 15) is 22.4 Å². The third-order valence-electron chi connectivity index (χ3n) is 1.92. The number of carboxylic acid groups (broad SMARTS) is 1. The summed E-state index contributed by atoms with van der Waals surface area (Å²) in [6.45, 7) is 0. The molecule has 0 spiro atoms. The Morgan fingerprint density at radius 3 is 2.38 bits per heavy atom. The molecule has 1 aromatic rings. The van der Waals surface area contributed by atoms with Crippen molar-refractivity contribution in [3.8, 4) is 0 Å². The average molecular weight is 237 g/mol. The van der Waals surface area contributed by atoms with E-state index in [1.165, 1.54) is 0 Å². The SMILES string of the molecule is NC(C(=O)O)c1ccc(F)c(C(F)(F)F)c1. The Morgan fingerprint density at radius 2 is 1.94 bits per heavy atom. The van der Waals surface area contributed by atoms with Crippen LogP contribution in [0.15, 0.2) is 18.2 Å². The van der Waals surface area contributed by atoms with E-state index in [-0.39, 0.29) is 5.56 Å². The summed E-state index contributed by atoms with van der Waals surface area (Å²) >= 11 is 0. The Bertz CT molecular complexity index is 416. The predicted molar refractivity (Wildman–Crippen MR) is 46.0 cm³/mol. The van der Waals surface area contributed by atoms with Crippen LogP contribution in [-0.2, 0) is 11.0 Å². The van der Waals surface area contributed by atoms with Gasteiger partial charge in [-0.1, -0.05) is 6.07 Å². The maximum Gasteiger partial charge on any atom is 0.419 e. The molecule has 0 aliphatic carbocycles. The molecule has 0 amide bonds. The van der Waals surface area contributed by atoms with Crippen molar-refractivity contribution in [3.05, 3.63) is 35.1 Å². The molecule has 0 aromatic heterocycles. The van der Waals surface area contributed by atoms with Crippen LogP contribution in [0, 0.1) is 5.82 Å². The lowest BCUT2D eigenvalue weighted by molar-refractivity contribution is -0.141. The number of alkyl halides is 3. The van der Waals surface area contributed by atoms with Gasteiger partial charge in [-0.15, -0.1) is 0 Å². The number of carbonyl (C=O) groups is 1. The summed E-state index contributed by atoms with van der Waals surface area (Å²) in [5, 5.41) is 8.50. The molecule has 0 fully saturated rings. The number of carboxylic acids is 1. The molecule has 1 aromatic carbocycles. The highest BCUT2D eigenvalue weighted by atomic mass is 19.4. The minimum atomic E-state index is -4.88. The van der Waals surface area contributed by atoms with E-state index in [1.807, 2.05) is 0 Å². The van der Waals surface area contributed by atoms with Crippen molar-refractivity contribution in [2.45, 2.75) is 12.2 Å². The standard InChI is InChI=1S/C9H7F4NO2/c10-6-2-1-4(7(14)8(15)16)3-5(6)9(11,12)13/h1-3,7H,14H2,(H,15,16). The van der Waals surface area contributed by atoms with Gasteiger partial charge >= 0.3 is 12.1 Å². The Hall–Kier alpha value is -1.63. The van der Waals surface area contributed by atoms with Crippen LogP contribution < -0.4 is 5.73 Å². The minimum absolute atomic E-state index is 0.304. The first-order valence-corrected chi connectivity index (χ1v) is 4.08. The second kappa shape index (κ2) is 4.09. The molecule has 1 rings (SSSR count). The summed E-state index contributed by atoms with van der Waals surface area (Å²) in [5.74, 6) is -2.95. The molecule has 3 N–H and O–H groups in total. The first-order chi connectivity index (χ1) is 7.23. The third-order valence-corrected chi connectivity index (χ3v) is 1.92. The molecule has 0 heterocycles. The van der Waals surface area contributed by atoms with Gasteiger partial charge in [-0.25, -0.2) is 4.39 Å². The van der Waals surface area contributed by atoms with Crippen LogP contribution in [0.1, 0.15) is 17.2 Å². The van der Waals surface area contributed by atoms with Gasteiger partial charge in [0.05, 0.1) is 5.56 Å². The first-order valence-electron chi connectivity index (χ1n) is 4.08. The van der Waals surface area contributed by atoms with Gasteiger partial charge in [0, 0.05) is 0 Å². The van der Waals surface area contributed by atoms with E-state index >= 15 is 0 Å². The maximum absolute atomic E-state index is 12.8. The van der Waals surface area contributed by atoms with Gasteiger partial charge in [-0.3, -0.25) is 4.79 Å². The number of nitrogens with two attached hydrogens (primary N) is 1. The van der Waals surface area contributed by atoms with Crippen molar-refractivity contribution in [1.82, 2.24) is 0 Å². The van der Waals surface area contributed by atoms with Gasteiger partial charge in [0.15, 0.2) is 0 Å². The normalized spacial score (nSPS) is 13.6. The van der Waals surface area contributed by atoms with Crippen LogP contribution in [0.2, 0.25) is 0 Å². The highest BCUT2D eigenvalue weighted by Gasteiger charge is 2.34. The summed E-state index contributed by atoms with van der Waals surface area (Å²) < 4.78 is 49.6. The fourth-order valence-corrected chi connectivity index (χ4v) is 1.10. The summed E-state index contributed by atoms with van der Waals surface area (Å²) in [5.41, 5.74) is 3.28. The molecular formula is C9H7F4NO2. The topological polar surface area (TPSA) is 63.3 Å². The fraction of sp³-hybridized carbons (Fsp3) is 0.222. The number of rotatable bonds is 2. The van der Waals surface area contributed by atoms with Crippen molar-refractivity contribution in [3.63, 3.8) is 0 Å². The van der Waals surface area contributed by atoms with Crippen LogP contribution in [0.4, 0.5) is 17.6 Å². The Kier molecular flexibility index (Phi) is 3.18. The quantitative estimate of drug-likeness (QED) is 0.772. The third kappa shape index (κ3) is 2.48. The Morgan fingerprint density at radius 1 is 1.38 bits per heavy atom. The summed E-state index contributed by atoms with van der Waals surface area (Å²) in [7, 11) is 0. The average Bonchev–Trinajstić information content (AvgIpc) is 2.15. The van der Waals surface area contributed by atoms with E-state index in [0.717, 1.165) is 6.07 Å². The van der Waals surface area contributed by atoms with Crippen molar-refractivity contribution in [2.24, 2.45) is 5.73 Å². The van der Waals surface area contributed by atoms with Crippen molar-refractivity contribution in [2.75, 3.05) is 0 Å². The minimum Gasteiger partial charge on any atom is -0.480 e. The molecular weight excluding hydrogens is 230 g/mol. The molecule has 0 saturated carbocycles. The smallest absolute Gasteiger partial charge is 0.419 e. The van der Waals surface area contributed by atoms with Crippen LogP contribution in [0.5, 0.6) is 0 Å². The first kappa shape index (κ1) is 12.4. The number of hydrogen-bond donors (Lipinski definition) is 2. The van der Waals surface area contributed by atoms with E-state index < -0.39 is 29.6 Å². The lowest BCUT2D eigenvalue weighted by Gasteiger charge is -2.12. The molecule has 0 aliphatic heterocycles. The lowest BCUT2D eigenvalue weighted by Crippen LogP contribution is -2.21. The number of hydrogen-bond acceptors (Lipinski definition) is 2. The Balaban J connectivity index is 3.23. The lowest BCUT2D eigenvalue weighted by atomic mass is 10.0. The zero-order chi connectivity index (χ0) is 12.5. The van der Waals surface area contributed by atoms with Crippen LogP contribution in [0.3, 0.4) is 0 Å². The van der Waals surface area contributed by atoms with Crippen molar-refractivity contribution in [1.29, 1.82) is 0 Å². The molecule has 3 nitrogen and oxygen atoms in total. The zero-order valence-electron chi connectivity index (χ0n) is 7.75. The molecule has 1 unspecified atom stereocenters. The van der Waals surface area contributed by atoms with Gasteiger partial charge in [0.1, 0.15) is 11.9 Å². The molecule has 1 atom stereocenters. The second-order valence-electron chi connectivity index (χ2n) is 3.05. The van der Waals surface area contributed by atoms with E-state index in [0.29, 0.717) is 12.1 Å². The number of benzene rings is 1. The maximum atomic E-state index is 12.8. The summed E-state index contributed by atoms with van der Waals surface area (Å²) in [6.07, 6.45) is -4.88. The molecule has 7 heteroatoms. The van der Waals surface area contributed by atoms with Gasteiger partial charge < -0.3 is 10.8 Å². The molecule has 16 heavy (non-hydrogen) atoms. The summed E-state index contributed by atoms with van der Waals surface area (Å²) in [6, 6.07) is 0.236. The van der Waals surface area contributed by atoms with E-state index in [4.69, 9.17) is 10.8 Å². The highest BCUT2D eigenvalue weighted by Crippen LogP contribution is 2.32. The van der Waals surface area contributed by atoms with Gasteiger partial charge in [-0.05, 0) is 17.7 Å². The number of aliphatic carboxylic acids is 1. The van der Waals surface area contributed by atoms with E-state index in [1.54, 1.807) is 0 Å². The Labute approximate surface area is 87.5 Å². The van der Waals surface area contributed by atoms with Gasteiger partial charge in [0.2, 0.25) is 0 Å². The van der Waals surface area contributed by atoms with Crippen LogP contribution >= 0.6 is 0 Å².